The summed E-state index contributed by atoms with van der Waals surface area (Å²) in [5.74, 6) is 0.127. The van der Waals surface area contributed by atoms with Crippen LogP contribution in [0, 0.1) is 13.8 Å². The SMILES string of the molecule is CCc1c(O)c2c(C)ccc(C)c2[nH]c1=O. The molecule has 0 saturated carbocycles. The Morgan fingerprint density at radius 1 is 1.25 bits per heavy atom. The van der Waals surface area contributed by atoms with E-state index >= 15 is 0 Å². The first-order valence-corrected chi connectivity index (χ1v) is 5.40. The van der Waals surface area contributed by atoms with Gasteiger partial charge in [0.15, 0.2) is 0 Å². The Morgan fingerprint density at radius 2 is 1.88 bits per heavy atom. The van der Waals surface area contributed by atoms with Crippen LogP contribution in [0.25, 0.3) is 10.9 Å². The van der Waals surface area contributed by atoms with Crippen LogP contribution in [0.5, 0.6) is 5.75 Å². The second-order valence-corrected chi connectivity index (χ2v) is 4.08. The zero-order chi connectivity index (χ0) is 11.9. The number of aryl methyl sites for hydroxylation is 2. The van der Waals surface area contributed by atoms with Crippen LogP contribution in [0.15, 0.2) is 16.9 Å². The van der Waals surface area contributed by atoms with Gasteiger partial charge in [0, 0.05) is 5.39 Å². The molecular formula is C13H15NO2. The molecule has 2 aromatic rings. The van der Waals surface area contributed by atoms with E-state index in [1.54, 1.807) is 0 Å². The van der Waals surface area contributed by atoms with E-state index in [0.717, 1.165) is 22.0 Å². The van der Waals surface area contributed by atoms with Gasteiger partial charge < -0.3 is 10.1 Å². The van der Waals surface area contributed by atoms with E-state index in [4.69, 9.17) is 0 Å². The van der Waals surface area contributed by atoms with Crippen molar-refractivity contribution < 1.29 is 5.11 Å². The zero-order valence-electron chi connectivity index (χ0n) is 9.72. The van der Waals surface area contributed by atoms with Crippen LogP contribution in [-0.4, -0.2) is 10.1 Å². The molecule has 0 aliphatic heterocycles. The highest BCUT2D eigenvalue weighted by molar-refractivity contribution is 5.91. The molecule has 0 fully saturated rings. The van der Waals surface area contributed by atoms with E-state index < -0.39 is 0 Å². The Balaban J connectivity index is 3.04. The van der Waals surface area contributed by atoms with E-state index in [0.29, 0.717) is 12.0 Å². The predicted octanol–water partition coefficient (Wildman–Crippen LogP) is 2.41. The molecule has 0 bridgehead atoms. The molecule has 2 rings (SSSR count). The van der Waals surface area contributed by atoms with Crippen molar-refractivity contribution >= 4 is 10.9 Å². The van der Waals surface area contributed by atoms with Crippen LogP contribution in [0.2, 0.25) is 0 Å². The molecule has 0 atom stereocenters. The van der Waals surface area contributed by atoms with Crippen LogP contribution < -0.4 is 5.56 Å². The zero-order valence-corrected chi connectivity index (χ0v) is 9.72. The van der Waals surface area contributed by atoms with Crippen molar-refractivity contribution in [2.24, 2.45) is 0 Å². The third-order valence-electron chi connectivity index (χ3n) is 3.01. The van der Waals surface area contributed by atoms with Crippen LogP contribution in [0.3, 0.4) is 0 Å². The van der Waals surface area contributed by atoms with Gasteiger partial charge in [-0.1, -0.05) is 19.1 Å². The van der Waals surface area contributed by atoms with Crippen molar-refractivity contribution in [1.29, 1.82) is 0 Å². The number of benzene rings is 1. The molecule has 0 aliphatic carbocycles. The molecule has 0 saturated heterocycles. The molecule has 3 heteroatoms. The number of hydrogen-bond donors (Lipinski definition) is 2. The van der Waals surface area contributed by atoms with Gasteiger partial charge in [0.2, 0.25) is 0 Å². The molecule has 0 radical (unpaired) electrons. The fourth-order valence-electron chi connectivity index (χ4n) is 2.05. The van der Waals surface area contributed by atoms with Crippen molar-refractivity contribution in [3.63, 3.8) is 0 Å². The first-order chi connectivity index (χ1) is 7.56. The number of hydrogen-bond acceptors (Lipinski definition) is 2. The summed E-state index contributed by atoms with van der Waals surface area (Å²) in [6, 6.07) is 3.90. The maximum absolute atomic E-state index is 11.7. The first-order valence-electron chi connectivity index (χ1n) is 5.40. The molecular weight excluding hydrogens is 202 g/mol. The molecule has 0 aliphatic rings. The summed E-state index contributed by atoms with van der Waals surface area (Å²) in [4.78, 5) is 14.6. The lowest BCUT2D eigenvalue weighted by atomic mass is 10.0. The molecule has 0 amide bonds. The largest absolute Gasteiger partial charge is 0.507 e. The normalized spacial score (nSPS) is 10.9. The van der Waals surface area contributed by atoms with E-state index in [9.17, 15) is 9.90 Å². The quantitative estimate of drug-likeness (QED) is 0.770. The highest BCUT2D eigenvalue weighted by Gasteiger charge is 2.12. The van der Waals surface area contributed by atoms with Gasteiger partial charge in [0.25, 0.3) is 5.56 Å². The van der Waals surface area contributed by atoms with Gasteiger partial charge in [-0.2, -0.15) is 0 Å². The Bertz CT molecular complexity index is 611. The Kier molecular flexibility index (Phi) is 2.46. The third kappa shape index (κ3) is 1.40. The topological polar surface area (TPSA) is 53.1 Å². The lowest BCUT2D eigenvalue weighted by Gasteiger charge is -2.10. The van der Waals surface area contributed by atoms with Gasteiger partial charge in [-0.05, 0) is 31.4 Å². The number of aromatic nitrogens is 1. The van der Waals surface area contributed by atoms with Crippen molar-refractivity contribution in [3.8, 4) is 5.75 Å². The summed E-state index contributed by atoms with van der Waals surface area (Å²) in [6.45, 7) is 5.71. The van der Waals surface area contributed by atoms with Crippen molar-refractivity contribution in [3.05, 3.63) is 39.2 Å². The van der Waals surface area contributed by atoms with E-state index in [2.05, 4.69) is 4.98 Å². The lowest BCUT2D eigenvalue weighted by Crippen LogP contribution is -2.12. The monoisotopic (exact) mass is 217 g/mol. The number of pyridine rings is 1. The smallest absolute Gasteiger partial charge is 0.255 e. The number of H-pyrrole nitrogens is 1. The number of rotatable bonds is 1. The second kappa shape index (κ2) is 3.67. The fraction of sp³-hybridized carbons (Fsp3) is 0.308. The van der Waals surface area contributed by atoms with Gasteiger partial charge in [-0.3, -0.25) is 4.79 Å². The highest BCUT2D eigenvalue weighted by atomic mass is 16.3. The van der Waals surface area contributed by atoms with Gasteiger partial charge in [-0.15, -0.1) is 0 Å². The van der Waals surface area contributed by atoms with E-state index in [1.807, 2.05) is 32.9 Å². The number of nitrogens with one attached hydrogen (secondary N) is 1. The average molecular weight is 217 g/mol. The fourth-order valence-corrected chi connectivity index (χ4v) is 2.05. The van der Waals surface area contributed by atoms with Gasteiger partial charge in [0.05, 0.1) is 11.1 Å². The van der Waals surface area contributed by atoms with Gasteiger partial charge in [0.1, 0.15) is 5.75 Å². The molecule has 16 heavy (non-hydrogen) atoms. The van der Waals surface area contributed by atoms with Gasteiger partial charge >= 0.3 is 0 Å². The molecule has 0 unspecified atom stereocenters. The van der Waals surface area contributed by atoms with Crippen LogP contribution >= 0.6 is 0 Å². The highest BCUT2D eigenvalue weighted by Crippen LogP contribution is 2.29. The Morgan fingerprint density at radius 3 is 2.50 bits per heavy atom. The minimum absolute atomic E-state index is 0.127. The lowest BCUT2D eigenvalue weighted by molar-refractivity contribution is 0.473. The van der Waals surface area contributed by atoms with Crippen LogP contribution in [-0.2, 0) is 6.42 Å². The molecule has 0 spiro atoms. The third-order valence-corrected chi connectivity index (χ3v) is 3.01. The van der Waals surface area contributed by atoms with Gasteiger partial charge in [-0.25, -0.2) is 0 Å². The summed E-state index contributed by atoms with van der Waals surface area (Å²) < 4.78 is 0. The Hall–Kier alpha value is -1.77. The maximum Gasteiger partial charge on any atom is 0.255 e. The van der Waals surface area contributed by atoms with Crippen molar-refractivity contribution in [2.75, 3.05) is 0 Å². The summed E-state index contributed by atoms with van der Waals surface area (Å²) in [5.41, 5.74) is 2.95. The minimum Gasteiger partial charge on any atom is -0.507 e. The predicted molar refractivity (Wildman–Crippen MR) is 65.1 cm³/mol. The van der Waals surface area contributed by atoms with Crippen molar-refractivity contribution in [1.82, 2.24) is 4.98 Å². The number of aromatic hydroxyl groups is 1. The van der Waals surface area contributed by atoms with E-state index in [-0.39, 0.29) is 11.3 Å². The average Bonchev–Trinajstić information content (AvgIpc) is 2.24. The molecule has 84 valence electrons. The maximum atomic E-state index is 11.7. The first kappa shape index (κ1) is 10.7. The van der Waals surface area contributed by atoms with Crippen LogP contribution in [0.4, 0.5) is 0 Å². The molecule has 1 heterocycles. The number of aromatic amines is 1. The molecule has 1 aromatic carbocycles. The van der Waals surface area contributed by atoms with E-state index in [1.165, 1.54) is 0 Å². The summed E-state index contributed by atoms with van der Waals surface area (Å²) in [6.07, 6.45) is 0.532. The summed E-state index contributed by atoms with van der Waals surface area (Å²) >= 11 is 0. The number of fused-ring (bicyclic) bond motifs is 1. The minimum atomic E-state index is -0.193. The van der Waals surface area contributed by atoms with Crippen molar-refractivity contribution in [2.45, 2.75) is 27.2 Å². The Labute approximate surface area is 93.7 Å². The molecule has 1 aromatic heterocycles. The summed E-state index contributed by atoms with van der Waals surface area (Å²) in [7, 11) is 0. The summed E-state index contributed by atoms with van der Waals surface area (Å²) in [5, 5.41) is 10.9. The second-order valence-electron chi connectivity index (χ2n) is 4.08. The molecule has 2 N–H and O–H groups in total. The van der Waals surface area contributed by atoms with Crippen LogP contribution in [0.1, 0.15) is 23.6 Å². The molecule has 3 nitrogen and oxygen atoms in total. The standard InChI is InChI=1S/C13H15NO2/c1-4-9-12(15)10-7(2)5-6-8(3)11(10)14-13(9)16/h5-6H,4H2,1-3H3,(H2,14,15,16).